The standard InChI is InChI=1S/C15H11ClFN3O2.C2HF3O2/c1-22-14-5-9-12(6-13(14)21)18-7-19-15(9)20-8-2-3-11(17)10(16)4-8;3-2(4,5)1(6)7/h2-7,21H,1H3,(H,18,19,20);(H,6,7). The number of alkyl halides is 3. The number of rotatable bonds is 3. The van der Waals surface area contributed by atoms with E-state index in [0.29, 0.717) is 28.2 Å². The van der Waals surface area contributed by atoms with E-state index in [1.807, 2.05) is 0 Å². The molecule has 0 aliphatic heterocycles. The van der Waals surface area contributed by atoms with Crippen LogP contribution < -0.4 is 10.1 Å². The molecule has 154 valence electrons. The zero-order valence-corrected chi connectivity index (χ0v) is 15.2. The minimum absolute atomic E-state index is 0.00974. The van der Waals surface area contributed by atoms with Gasteiger partial charge in [0.15, 0.2) is 11.5 Å². The van der Waals surface area contributed by atoms with Crippen LogP contribution in [0.2, 0.25) is 5.02 Å². The van der Waals surface area contributed by atoms with Gasteiger partial charge in [-0.25, -0.2) is 19.2 Å². The van der Waals surface area contributed by atoms with Crippen molar-refractivity contribution in [2.75, 3.05) is 12.4 Å². The van der Waals surface area contributed by atoms with E-state index < -0.39 is 18.0 Å². The van der Waals surface area contributed by atoms with Crippen molar-refractivity contribution in [3.05, 3.63) is 47.5 Å². The van der Waals surface area contributed by atoms with Crippen molar-refractivity contribution in [2.24, 2.45) is 0 Å². The second-order valence-corrected chi connectivity index (χ2v) is 5.73. The lowest BCUT2D eigenvalue weighted by atomic mass is 10.2. The maximum atomic E-state index is 13.2. The average Bonchev–Trinajstić information content (AvgIpc) is 2.64. The van der Waals surface area contributed by atoms with Gasteiger partial charge >= 0.3 is 12.1 Å². The number of aromatic nitrogens is 2. The fourth-order valence-electron chi connectivity index (χ4n) is 2.05. The van der Waals surface area contributed by atoms with Crippen LogP contribution in [0.15, 0.2) is 36.7 Å². The van der Waals surface area contributed by atoms with Crippen molar-refractivity contribution >= 4 is 40.0 Å². The molecular formula is C17H12ClF4N3O4. The minimum Gasteiger partial charge on any atom is -0.504 e. The number of aromatic hydroxyl groups is 1. The fraction of sp³-hybridized carbons (Fsp3) is 0.118. The number of hydrogen-bond donors (Lipinski definition) is 3. The lowest BCUT2D eigenvalue weighted by molar-refractivity contribution is -0.192. The highest BCUT2D eigenvalue weighted by Gasteiger charge is 2.38. The van der Waals surface area contributed by atoms with Crippen molar-refractivity contribution in [2.45, 2.75) is 6.18 Å². The van der Waals surface area contributed by atoms with Crippen LogP contribution in [0.25, 0.3) is 10.9 Å². The Morgan fingerprint density at radius 3 is 2.41 bits per heavy atom. The van der Waals surface area contributed by atoms with Gasteiger partial charge in [0.1, 0.15) is 18.0 Å². The van der Waals surface area contributed by atoms with E-state index in [2.05, 4.69) is 15.3 Å². The number of nitrogens with one attached hydrogen (secondary N) is 1. The van der Waals surface area contributed by atoms with Crippen LogP contribution in [-0.4, -0.2) is 39.4 Å². The van der Waals surface area contributed by atoms with Gasteiger partial charge in [-0.3, -0.25) is 0 Å². The number of carboxylic acid groups (broad SMARTS) is 1. The largest absolute Gasteiger partial charge is 0.504 e. The fourth-order valence-corrected chi connectivity index (χ4v) is 2.23. The molecule has 12 heteroatoms. The second kappa shape index (κ2) is 8.78. The number of ether oxygens (including phenoxy) is 1. The Balaban J connectivity index is 0.000000370. The molecule has 0 atom stereocenters. The second-order valence-electron chi connectivity index (χ2n) is 5.32. The SMILES string of the molecule is COc1cc2c(Nc3ccc(F)c(Cl)c3)ncnc2cc1O.O=C(O)C(F)(F)F. The zero-order chi connectivity index (χ0) is 21.8. The number of fused-ring (bicyclic) bond motifs is 1. The van der Waals surface area contributed by atoms with Crippen LogP contribution in [0, 0.1) is 5.82 Å². The highest BCUT2D eigenvalue weighted by atomic mass is 35.5. The number of carboxylic acids is 1. The molecule has 1 heterocycles. The van der Waals surface area contributed by atoms with E-state index in [-0.39, 0.29) is 10.8 Å². The summed E-state index contributed by atoms with van der Waals surface area (Å²) in [7, 11) is 1.46. The molecule has 0 unspecified atom stereocenters. The van der Waals surface area contributed by atoms with Crippen LogP contribution in [0.3, 0.4) is 0 Å². The lowest BCUT2D eigenvalue weighted by Gasteiger charge is -2.10. The van der Waals surface area contributed by atoms with Crippen molar-refractivity contribution < 1.29 is 37.3 Å². The summed E-state index contributed by atoms with van der Waals surface area (Å²) >= 11 is 5.77. The van der Waals surface area contributed by atoms with E-state index >= 15 is 0 Å². The Morgan fingerprint density at radius 2 is 1.86 bits per heavy atom. The topological polar surface area (TPSA) is 105 Å². The van der Waals surface area contributed by atoms with Crippen LogP contribution in [-0.2, 0) is 4.79 Å². The normalized spacial score (nSPS) is 10.8. The molecule has 0 radical (unpaired) electrons. The summed E-state index contributed by atoms with van der Waals surface area (Å²) in [6, 6.07) is 7.38. The Bertz CT molecular complexity index is 1050. The van der Waals surface area contributed by atoms with Crippen LogP contribution >= 0.6 is 11.6 Å². The third-order valence-electron chi connectivity index (χ3n) is 3.36. The van der Waals surface area contributed by atoms with Gasteiger partial charge in [0.25, 0.3) is 0 Å². The van der Waals surface area contributed by atoms with Gasteiger partial charge in [0, 0.05) is 17.1 Å². The van der Waals surface area contributed by atoms with E-state index in [4.69, 9.17) is 26.2 Å². The van der Waals surface area contributed by atoms with E-state index in [9.17, 15) is 22.7 Å². The molecule has 0 saturated heterocycles. The van der Waals surface area contributed by atoms with Crippen LogP contribution in [0.4, 0.5) is 29.1 Å². The Kier molecular flexibility index (Phi) is 6.64. The highest BCUT2D eigenvalue weighted by Crippen LogP contribution is 2.34. The van der Waals surface area contributed by atoms with Crippen molar-refractivity contribution in [1.82, 2.24) is 9.97 Å². The molecule has 0 fully saturated rings. The summed E-state index contributed by atoms with van der Waals surface area (Å²) < 4.78 is 50.0. The summed E-state index contributed by atoms with van der Waals surface area (Å²) in [5.41, 5.74) is 1.13. The number of halogens is 5. The Labute approximate surface area is 165 Å². The molecule has 1 aromatic heterocycles. The summed E-state index contributed by atoms with van der Waals surface area (Å²) in [6.07, 6.45) is -3.72. The average molecular weight is 434 g/mol. The molecule has 0 spiro atoms. The number of nitrogens with zero attached hydrogens (tertiary/aromatic N) is 2. The number of carbonyl (C=O) groups is 1. The number of anilines is 2. The summed E-state index contributed by atoms with van der Waals surface area (Å²) in [5, 5.41) is 20.6. The Morgan fingerprint density at radius 1 is 1.21 bits per heavy atom. The van der Waals surface area contributed by atoms with E-state index in [0.717, 1.165) is 0 Å². The molecule has 0 aliphatic rings. The zero-order valence-electron chi connectivity index (χ0n) is 14.5. The monoisotopic (exact) mass is 433 g/mol. The van der Waals surface area contributed by atoms with Crippen molar-refractivity contribution in [3.63, 3.8) is 0 Å². The molecule has 29 heavy (non-hydrogen) atoms. The summed E-state index contributed by atoms with van der Waals surface area (Å²) in [4.78, 5) is 17.2. The molecule has 0 bridgehead atoms. The summed E-state index contributed by atoms with van der Waals surface area (Å²) in [6.45, 7) is 0. The number of phenolic OH excluding ortho intramolecular Hbond substituents is 1. The quantitative estimate of drug-likeness (QED) is 0.522. The van der Waals surface area contributed by atoms with Crippen LogP contribution in [0.1, 0.15) is 0 Å². The van der Waals surface area contributed by atoms with Gasteiger partial charge in [-0.15, -0.1) is 0 Å². The first-order chi connectivity index (χ1) is 13.5. The summed E-state index contributed by atoms with van der Waals surface area (Å²) in [5.74, 6) is -2.46. The number of hydrogen-bond acceptors (Lipinski definition) is 6. The smallest absolute Gasteiger partial charge is 0.490 e. The third-order valence-corrected chi connectivity index (χ3v) is 3.65. The molecule has 3 N–H and O–H groups in total. The maximum Gasteiger partial charge on any atom is 0.490 e. The van der Waals surface area contributed by atoms with Gasteiger partial charge in [0.05, 0.1) is 17.6 Å². The minimum atomic E-state index is -5.08. The highest BCUT2D eigenvalue weighted by molar-refractivity contribution is 6.31. The molecule has 3 aromatic rings. The first-order valence-corrected chi connectivity index (χ1v) is 7.94. The van der Waals surface area contributed by atoms with Gasteiger partial charge in [-0.1, -0.05) is 11.6 Å². The number of benzene rings is 2. The number of aliphatic carboxylic acids is 1. The molecule has 3 rings (SSSR count). The predicted octanol–water partition coefficient (Wildman–Crippen LogP) is 4.51. The third kappa shape index (κ3) is 5.57. The van der Waals surface area contributed by atoms with Gasteiger partial charge in [0.2, 0.25) is 0 Å². The molecule has 2 aromatic carbocycles. The predicted molar refractivity (Wildman–Crippen MR) is 96.1 cm³/mol. The number of methoxy groups -OCH3 is 1. The first-order valence-electron chi connectivity index (χ1n) is 7.56. The Hall–Kier alpha value is -3.34. The molecular weight excluding hydrogens is 422 g/mol. The molecule has 0 saturated carbocycles. The first kappa shape index (κ1) is 22.0. The van der Waals surface area contributed by atoms with E-state index in [1.54, 1.807) is 12.1 Å². The lowest BCUT2D eigenvalue weighted by Crippen LogP contribution is -2.21. The number of phenols is 1. The molecule has 7 nitrogen and oxygen atoms in total. The maximum absolute atomic E-state index is 13.2. The van der Waals surface area contributed by atoms with Gasteiger partial charge in [-0.2, -0.15) is 13.2 Å². The molecule has 0 amide bonds. The van der Waals surface area contributed by atoms with Gasteiger partial charge < -0.3 is 20.3 Å². The molecule has 0 aliphatic carbocycles. The van der Waals surface area contributed by atoms with Crippen molar-refractivity contribution in [1.29, 1.82) is 0 Å². The van der Waals surface area contributed by atoms with Crippen LogP contribution in [0.5, 0.6) is 11.5 Å². The van der Waals surface area contributed by atoms with Gasteiger partial charge in [-0.05, 0) is 24.3 Å². The van der Waals surface area contributed by atoms with E-state index in [1.165, 1.54) is 31.6 Å². The van der Waals surface area contributed by atoms with Crippen molar-refractivity contribution in [3.8, 4) is 11.5 Å².